The number of likely N-dealkylation sites (N-methyl/N-ethyl adjacent to an activating group) is 1. The van der Waals surface area contributed by atoms with Crippen molar-refractivity contribution in [2.24, 2.45) is 7.05 Å². The Balaban J connectivity index is 2.19. The van der Waals surface area contributed by atoms with Gasteiger partial charge in [-0.05, 0) is 14.0 Å². The quantitative estimate of drug-likeness (QED) is 0.725. The van der Waals surface area contributed by atoms with Crippen molar-refractivity contribution in [1.82, 2.24) is 14.9 Å². The molecule has 0 aromatic carbocycles. The van der Waals surface area contributed by atoms with Gasteiger partial charge in [0.05, 0.1) is 12.7 Å². The van der Waals surface area contributed by atoms with Gasteiger partial charge in [-0.25, -0.2) is 4.98 Å². The van der Waals surface area contributed by atoms with Crippen LogP contribution in [0.5, 0.6) is 0 Å². The fraction of sp³-hybridized carbons (Fsp3) is 0.700. The second-order valence-electron chi connectivity index (χ2n) is 3.44. The molecular formula is C10H19N3O. The van der Waals surface area contributed by atoms with Crippen LogP contribution in [-0.2, 0) is 18.2 Å². The number of aryl methyl sites for hydroxylation is 1. The van der Waals surface area contributed by atoms with E-state index in [-0.39, 0.29) is 6.10 Å². The number of hydrogen-bond donors (Lipinski definition) is 1. The van der Waals surface area contributed by atoms with E-state index in [0.717, 1.165) is 25.4 Å². The maximum atomic E-state index is 5.59. The standard InChI is InChI=1S/C10H19N3O/c1-9(8-11-2)14-7-4-10-12-5-6-13(10)3/h5-6,9,11H,4,7-8H2,1-3H3. The topological polar surface area (TPSA) is 39.1 Å². The van der Waals surface area contributed by atoms with Gasteiger partial charge in [0.15, 0.2) is 0 Å². The Labute approximate surface area is 85.3 Å². The second kappa shape index (κ2) is 5.78. The van der Waals surface area contributed by atoms with Crippen molar-refractivity contribution in [3.63, 3.8) is 0 Å². The lowest BCUT2D eigenvalue weighted by Crippen LogP contribution is -2.24. The van der Waals surface area contributed by atoms with Crippen LogP contribution in [0.15, 0.2) is 12.4 Å². The Morgan fingerprint density at radius 1 is 1.64 bits per heavy atom. The van der Waals surface area contributed by atoms with Crippen molar-refractivity contribution >= 4 is 0 Å². The molecule has 0 aliphatic heterocycles. The molecule has 0 aliphatic rings. The van der Waals surface area contributed by atoms with Gasteiger partial charge < -0.3 is 14.6 Å². The van der Waals surface area contributed by atoms with Crippen LogP contribution >= 0.6 is 0 Å². The SMILES string of the molecule is CNCC(C)OCCc1nccn1C. The molecule has 1 atom stereocenters. The van der Waals surface area contributed by atoms with E-state index in [2.05, 4.69) is 17.2 Å². The molecule has 80 valence electrons. The zero-order chi connectivity index (χ0) is 10.4. The molecule has 1 unspecified atom stereocenters. The van der Waals surface area contributed by atoms with E-state index >= 15 is 0 Å². The highest BCUT2D eigenvalue weighted by Crippen LogP contribution is 1.97. The Bertz CT molecular complexity index is 260. The number of nitrogens with zero attached hydrogens (tertiary/aromatic N) is 2. The Kier molecular flexibility index (Phi) is 4.62. The predicted molar refractivity (Wildman–Crippen MR) is 56.3 cm³/mol. The Hall–Kier alpha value is -0.870. The number of nitrogens with one attached hydrogen (secondary N) is 1. The number of ether oxygens (including phenoxy) is 1. The molecular weight excluding hydrogens is 178 g/mol. The average molecular weight is 197 g/mol. The van der Waals surface area contributed by atoms with E-state index in [1.807, 2.05) is 31.1 Å². The second-order valence-corrected chi connectivity index (χ2v) is 3.44. The van der Waals surface area contributed by atoms with E-state index in [0.29, 0.717) is 0 Å². The molecule has 0 saturated heterocycles. The third-order valence-corrected chi connectivity index (χ3v) is 2.14. The lowest BCUT2D eigenvalue weighted by molar-refractivity contribution is 0.0684. The summed E-state index contributed by atoms with van der Waals surface area (Å²) in [6.07, 6.45) is 4.90. The molecule has 4 nitrogen and oxygen atoms in total. The summed E-state index contributed by atoms with van der Waals surface area (Å²) in [5.41, 5.74) is 0. The summed E-state index contributed by atoms with van der Waals surface area (Å²) >= 11 is 0. The molecule has 1 heterocycles. The summed E-state index contributed by atoms with van der Waals surface area (Å²) in [7, 11) is 3.93. The fourth-order valence-electron chi connectivity index (χ4n) is 1.34. The van der Waals surface area contributed by atoms with Crippen LogP contribution in [-0.4, -0.2) is 35.9 Å². The van der Waals surface area contributed by atoms with Crippen molar-refractivity contribution in [3.8, 4) is 0 Å². The minimum Gasteiger partial charge on any atom is -0.377 e. The fourth-order valence-corrected chi connectivity index (χ4v) is 1.34. The van der Waals surface area contributed by atoms with Crippen LogP contribution in [0, 0.1) is 0 Å². The third-order valence-electron chi connectivity index (χ3n) is 2.14. The molecule has 0 bridgehead atoms. The summed E-state index contributed by atoms with van der Waals surface area (Å²) in [5, 5.41) is 3.08. The van der Waals surface area contributed by atoms with E-state index in [1.165, 1.54) is 0 Å². The van der Waals surface area contributed by atoms with E-state index < -0.39 is 0 Å². The van der Waals surface area contributed by atoms with Gasteiger partial charge in [0.25, 0.3) is 0 Å². The minimum atomic E-state index is 0.264. The summed E-state index contributed by atoms with van der Waals surface area (Å²) in [4.78, 5) is 4.23. The van der Waals surface area contributed by atoms with Crippen molar-refractivity contribution in [1.29, 1.82) is 0 Å². The van der Waals surface area contributed by atoms with Crippen molar-refractivity contribution < 1.29 is 4.74 Å². The molecule has 0 saturated carbocycles. The van der Waals surface area contributed by atoms with Gasteiger partial charge in [-0.3, -0.25) is 0 Å². The third kappa shape index (κ3) is 3.47. The molecule has 1 aromatic rings. The summed E-state index contributed by atoms with van der Waals surface area (Å²) in [6, 6.07) is 0. The molecule has 0 radical (unpaired) electrons. The van der Waals surface area contributed by atoms with Gasteiger partial charge in [-0.1, -0.05) is 0 Å². The summed E-state index contributed by atoms with van der Waals surface area (Å²) in [6.45, 7) is 3.68. The lowest BCUT2D eigenvalue weighted by atomic mass is 10.4. The van der Waals surface area contributed by atoms with Gasteiger partial charge in [-0.2, -0.15) is 0 Å². The van der Waals surface area contributed by atoms with Crippen LogP contribution in [0.25, 0.3) is 0 Å². The highest BCUT2D eigenvalue weighted by Gasteiger charge is 2.02. The number of imidazole rings is 1. The van der Waals surface area contributed by atoms with E-state index in [4.69, 9.17) is 4.74 Å². The van der Waals surface area contributed by atoms with Gasteiger partial charge in [0, 0.05) is 32.4 Å². The van der Waals surface area contributed by atoms with Gasteiger partial charge in [-0.15, -0.1) is 0 Å². The molecule has 1 aromatic heterocycles. The van der Waals surface area contributed by atoms with Gasteiger partial charge >= 0.3 is 0 Å². The Morgan fingerprint density at radius 3 is 3.00 bits per heavy atom. The maximum absolute atomic E-state index is 5.59. The van der Waals surface area contributed by atoms with Crippen molar-refractivity contribution in [2.45, 2.75) is 19.4 Å². The molecule has 4 heteroatoms. The van der Waals surface area contributed by atoms with Crippen LogP contribution in [0.1, 0.15) is 12.7 Å². The van der Waals surface area contributed by atoms with E-state index in [9.17, 15) is 0 Å². The van der Waals surface area contributed by atoms with Crippen molar-refractivity contribution in [3.05, 3.63) is 18.2 Å². The summed E-state index contributed by atoms with van der Waals surface area (Å²) in [5.74, 6) is 1.07. The zero-order valence-corrected chi connectivity index (χ0v) is 9.16. The average Bonchev–Trinajstić information content (AvgIpc) is 2.52. The molecule has 1 N–H and O–H groups in total. The summed E-state index contributed by atoms with van der Waals surface area (Å²) < 4.78 is 7.61. The molecule has 1 rings (SSSR count). The molecule has 0 fully saturated rings. The largest absolute Gasteiger partial charge is 0.377 e. The first-order valence-electron chi connectivity index (χ1n) is 4.96. The molecule has 0 amide bonds. The van der Waals surface area contributed by atoms with E-state index in [1.54, 1.807) is 0 Å². The zero-order valence-electron chi connectivity index (χ0n) is 9.16. The predicted octanol–water partition coefficient (Wildman–Crippen LogP) is 0.587. The number of hydrogen-bond acceptors (Lipinski definition) is 3. The van der Waals surface area contributed by atoms with Crippen LogP contribution < -0.4 is 5.32 Å². The molecule has 0 spiro atoms. The van der Waals surface area contributed by atoms with Gasteiger partial charge in [0.2, 0.25) is 0 Å². The highest BCUT2D eigenvalue weighted by molar-refractivity contribution is 4.90. The Morgan fingerprint density at radius 2 is 2.43 bits per heavy atom. The first kappa shape index (κ1) is 11.2. The number of rotatable bonds is 6. The molecule has 0 aliphatic carbocycles. The first-order valence-corrected chi connectivity index (χ1v) is 4.96. The maximum Gasteiger partial charge on any atom is 0.110 e. The van der Waals surface area contributed by atoms with Crippen molar-refractivity contribution in [2.75, 3.05) is 20.2 Å². The lowest BCUT2D eigenvalue weighted by Gasteiger charge is -2.11. The smallest absolute Gasteiger partial charge is 0.110 e. The van der Waals surface area contributed by atoms with Crippen LogP contribution in [0.3, 0.4) is 0 Å². The highest BCUT2D eigenvalue weighted by atomic mass is 16.5. The monoisotopic (exact) mass is 197 g/mol. The van der Waals surface area contributed by atoms with Gasteiger partial charge in [0.1, 0.15) is 5.82 Å². The minimum absolute atomic E-state index is 0.264. The van der Waals surface area contributed by atoms with Crippen LogP contribution in [0.4, 0.5) is 0 Å². The molecule has 14 heavy (non-hydrogen) atoms. The normalized spacial score (nSPS) is 13.1. The van der Waals surface area contributed by atoms with Crippen LogP contribution in [0.2, 0.25) is 0 Å². The first-order chi connectivity index (χ1) is 6.74. The number of aromatic nitrogens is 2.